The number of hydrogen-bond acceptors (Lipinski definition) is 7. The van der Waals surface area contributed by atoms with Crippen molar-refractivity contribution in [1.29, 1.82) is 0 Å². The second-order valence-electron chi connectivity index (χ2n) is 6.19. The molecule has 1 aromatic carbocycles. The number of aromatic amines is 1. The lowest BCUT2D eigenvalue weighted by Gasteiger charge is -2.01. The number of ether oxygens (including phenoxy) is 1. The first-order chi connectivity index (χ1) is 14.2. The molecule has 0 aliphatic carbocycles. The van der Waals surface area contributed by atoms with Crippen LogP contribution in [0.1, 0.15) is 28.8 Å². The molecule has 0 saturated heterocycles. The average molecular weight is 406 g/mol. The molecule has 2 aromatic heterocycles. The van der Waals surface area contributed by atoms with Crippen LogP contribution in [0.15, 0.2) is 46.9 Å². The predicted octanol–water partition coefficient (Wildman–Crippen LogP) is 3.73. The summed E-state index contributed by atoms with van der Waals surface area (Å²) in [6.45, 7) is 6.03. The number of benzene rings is 1. The molecule has 3 aromatic rings. The predicted molar refractivity (Wildman–Crippen MR) is 113 cm³/mol. The summed E-state index contributed by atoms with van der Waals surface area (Å²) in [5.41, 5.74) is 3.14. The maximum atomic E-state index is 12.5. The number of nitrogens with one attached hydrogen (secondary N) is 2. The van der Waals surface area contributed by atoms with Crippen molar-refractivity contribution in [1.82, 2.24) is 20.2 Å². The Hall–Kier alpha value is -3.59. The fourth-order valence-corrected chi connectivity index (χ4v) is 3.70. The van der Waals surface area contributed by atoms with E-state index in [2.05, 4.69) is 43.3 Å². The second kappa shape index (κ2) is 8.19. The van der Waals surface area contributed by atoms with Crippen LogP contribution in [0.2, 0.25) is 0 Å². The molecule has 3 heterocycles. The molecular formula is C20H18N6O2S. The number of H-pyrrole nitrogens is 1. The molecule has 0 unspecified atom stereocenters. The molecule has 4 rings (SSSR count). The van der Waals surface area contributed by atoms with Crippen LogP contribution in [0.3, 0.4) is 0 Å². The summed E-state index contributed by atoms with van der Waals surface area (Å²) >= 11 is 1.41. The number of aromatic nitrogens is 4. The van der Waals surface area contributed by atoms with E-state index >= 15 is 0 Å². The standard InChI is InChI=1S/C20H18N6O2S/c1-3-4-14(10-21-2)17-23-20(26-25-17)24-18(27)15-11-29-19(22-15)13-5-6-16-12(9-13)7-8-28-16/h3-6,9-11H,2,7-8H2,1H3,(H2,23,24,25,26,27)/b4-3?,14-10+. The van der Waals surface area contributed by atoms with Crippen LogP contribution in [0.25, 0.3) is 16.1 Å². The molecule has 2 N–H and O–H groups in total. The van der Waals surface area contributed by atoms with Crippen molar-refractivity contribution in [2.24, 2.45) is 4.99 Å². The summed E-state index contributed by atoms with van der Waals surface area (Å²) < 4.78 is 5.53. The number of fused-ring (bicyclic) bond motifs is 1. The zero-order valence-corrected chi connectivity index (χ0v) is 16.5. The van der Waals surface area contributed by atoms with Crippen LogP contribution < -0.4 is 10.1 Å². The fraction of sp³-hybridized carbons (Fsp3) is 0.150. The van der Waals surface area contributed by atoms with Gasteiger partial charge in [-0.1, -0.05) is 12.2 Å². The van der Waals surface area contributed by atoms with Gasteiger partial charge in [0.05, 0.1) is 6.61 Å². The van der Waals surface area contributed by atoms with E-state index in [4.69, 9.17) is 4.74 Å². The lowest BCUT2D eigenvalue weighted by atomic mass is 10.1. The monoisotopic (exact) mass is 406 g/mol. The maximum Gasteiger partial charge on any atom is 0.277 e. The maximum absolute atomic E-state index is 12.5. The molecular weight excluding hydrogens is 388 g/mol. The Morgan fingerprint density at radius 3 is 3.14 bits per heavy atom. The second-order valence-corrected chi connectivity index (χ2v) is 7.05. The minimum Gasteiger partial charge on any atom is -0.493 e. The molecule has 0 radical (unpaired) electrons. The number of hydrogen-bond donors (Lipinski definition) is 2. The van der Waals surface area contributed by atoms with Gasteiger partial charge in [0.25, 0.3) is 5.91 Å². The Bertz CT molecular complexity index is 1130. The number of thiazole rings is 1. The van der Waals surface area contributed by atoms with Gasteiger partial charge in [-0.15, -0.1) is 16.4 Å². The Balaban J connectivity index is 1.49. The minimum atomic E-state index is -0.374. The highest BCUT2D eigenvalue weighted by atomic mass is 32.1. The van der Waals surface area contributed by atoms with E-state index in [1.54, 1.807) is 11.6 Å². The molecule has 0 fully saturated rings. The third-order valence-electron chi connectivity index (χ3n) is 4.23. The van der Waals surface area contributed by atoms with E-state index in [-0.39, 0.29) is 11.9 Å². The number of allylic oxidation sites excluding steroid dienone is 3. The van der Waals surface area contributed by atoms with E-state index in [1.807, 2.05) is 31.2 Å². The van der Waals surface area contributed by atoms with Crippen LogP contribution in [0.5, 0.6) is 5.75 Å². The Morgan fingerprint density at radius 2 is 2.31 bits per heavy atom. The van der Waals surface area contributed by atoms with Gasteiger partial charge in [0, 0.05) is 29.1 Å². The number of anilines is 1. The number of nitrogens with zero attached hydrogens (tertiary/aromatic N) is 4. The van der Waals surface area contributed by atoms with E-state index in [1.165, 1.54) is 11.3 Å². The molecule has 29 heavy (non-hydrogen) atoms. The van der Waals surface area contributed by atoms with E-state index in [9.17, 15) is 4.79 Å². The van der Waals surface area contributed by atoms with Crippen molar-refractivity contribution in [2.45, 2.75) is 13.3 Å². The van der Waals surface area contributed by atoms with Crippen molar-refractivity contribution in [2.75, 3.05) is 11.9 Å². The summed E-state index contributed by atoms with van der Waals surface area (Å²) in [7, 11) is 0. The Morgan fingerprint density at radius 1 is 1.41 bits per heavy atom. The summed E-state index contributed by atoms with van der Waals surface area (Å²) in [6, 6.07) is 5.96. The van der Waals surface area contributed by atoms with Gasteiger partial charge in [0.2, 0.25) is 5.95 Å². The average Bonchev–Trinajstić information content (AvgIpc) is 3.47. The summed E-state index contributed by atoms with van der Waals surface area (Å²) in [5, 5.41) is 12.0. The largest absolute Gasteiger partial charge is 0.493 e. The summed E-state index contributed by atoms with van der Waals surface area (Å²) in [6.07, 6.45) is 6.11. The molecule has 1 aliphatic heterocycles. The normalized spacial score (nSPS) is 13.3. The van der Waals surface area contributed by atoms with Crippen LogP contribution in [0, 0.1) is 0 Å². The zero-order chi connectivity index (χ0) is 20.2. The van der Waals surface area contributed by atoms with Gasteiger partial charge in [0.1, 0.15) is 16.5 Å². The van der Waals surface area contributed by atoms with E-state index in [0.717, 1.165) is 28.3 Å². The van der Waals surface area contributed by atoms with Crippen LogP contribution in [-0.2, 0) is 6.42 Å². The topological polar surface area (TPSA) is 105 Å². The smallest absolute Gasteiger partial charge is 0.277 e. The minimum absolute atomic E-state index is 0.161. The van der Waals surface area contributed by atoms with Gasteiger partial charge in [0.15, 0.2) is 5.82 Å². The fourth-order valence-electron chi connectivity index (χ4n) is 2.90. The zero-order valence-electron chi connectivity index (χ0n) is 15.7. The van der Waals surface area contributed by atoms with Crippen LogP contribution in [-0.4, -0.2) is 39.4 Å². The summed E-state index contributed by atoms with van der Waals surface area (Å²) in [4.78, 5) is 25.0. The highest BCUT2D eigenvalue weighted by Crippen LogP contribution is 2.32. The van der Waals surface area contributed by atoms with E-state index in [0.29, 0.717) is 23.7 Å². The first-order valence-corrected chi connectivity index (χ1v) is 9.80. The third-order valence-corrected chi connectivity index (χ3v) is 5.13. The molecule has 0 atom stereocenters. The van der Waals surface area contributed by atoms with Crippen molar-refractivity contribution in [3.8, 4) is 16.3 Å². The van der Waals surface area contributed by atoms with Gasteiger partial charge in [-0.05, 0) is 37.4 Å². The van der Waals surface area contributed by atoms with Gasteiger partial charge in [-0.2, -0.15) is 4.98 Å². The molecule has 8 nitrogen and oxygen atoms in total. The molecule has 9 heteroatoms. The number of carbonyl (C=O) groups excluding carboxylic acids is 1. The molecule has 0 bridgehead atoms. The molecule has 0 saturated carbocycles. The lowest BCUT2D eigenvalue weighted by Crippen LogP contribution is -2.13. The quantitative estimate of drug-likeness (QED) is 0.479. The van der Waals surface area contributed by atoms with Crippen molar-refractivity contribution < 1.29 is 9.53 Å². The van der Waals surface area contributed by atoms with Crippen LogP contribution >= 0.6 is 11.3 Å². The lowest BCUT2D eigenvalue weighted by molar-refractivity contribution is 0.102. The molecule has 146 valence electrons. The Labute approximate surface area is 171 Å². The molecule has 1 amide bonds. The third kappa shape index (κ3) is 3.99. The first-order valence-electron chi connectivity index (χ1n) is 8.92. The van der Waals surface area contributed by atoms with Crippen LogP contribution in [0.4, 0.5) is 5.95 Å². The van der Waals surface area contributed by atoms with Crippen molar-refractivity contribution >= 4 is 35.5 Å². The SMILES string of the molecule is C=N/C=C(\C=CC)c1nc(NC(=O)c2csc(-c3ccc4c(c3)CCO4)n2)n[nH]1. The van der Waals surface area contributed by atoms with Gasteiger partial charge >= 0.3 is 0 Å². The highest BCUT2D eigenvalue weighted by Gasteiger charge is 2.17. The first kappa shape index (κ1) is 18.8. The van der Waals surface area contributed by atoms with Gasteiger partial charge in [-0.25, -0.2) is 4.98 Å². The van der Waals surface area contributed by atoms with Gasteiger partial charge in [-0.3, -0.25) is 20.2 Å². The number of amides is 1. The van der Waals surface area contributed by atoms with Crippen molar-refractivity contribution in [3.05, 3.63) is 59.0 Å². The molecule has 0 spiro atoms. The number of rotatable bonds is 6. The number of carbonyl (C=O) groups is 1. The highest BCUT2D eigenvalue weighted by molar-refractivity contribution is 7.13. The van der Waals surface area contributed by atoms with E-state index < -0.39 is 0 Å². The summed E-state index contributed by atoms with van der Waals surface area (Å²) in [5.74, 6) is 1.18. The molecule has 1 aliphatic rings. The number of aliphatic imine (C=N–C) groups is 1. The van der Waals surface area contributed by atoms with Crippen molar-refractivity contribution in [3.63, 3.8) is 0 Å². The van der Waals surface area contributed by atoms with Gasteiger partial charge < -0.3 is 4.74 Å². The Kier molecular flexibility index (Phi) is 5.30.